The molecule has 1 aromatic rings. The number of hydrogen-bond donors (Lipinski definition) is 2. The molecular weight excluding hydrogens is 258 g/mol. The largest absolute Gasteiger partial charge is 0.325 e. The molecule has 0 saturated carbocycles. The Bertz CT molecular complexity index is 591. The molecule has 0 aliphatic heterocycles. The summed E-state index contributed by atoms with van der Waals surface area (Å²) in [6, 6.07) is 3.76. The molecule has 18 heavy (non-hydrogen) atoms. The van der Waals surface area contributed by atoms with Crippen molar-refractivity contribution < 1.29 is 22.6 Å². The van der Waals surface area contributed by atoms with Crippen LogP contribution < -0.4 is 5.32 Å². The van der Waals surface area contributed by atoms with Gasteiger partial charge >= 0.3 is 0 Å². The minimum Gasteiger partial charge on any atom is -0.325 e. The van der Waals surface area contributed by atoms with E-state index in [2.05, 4.69) is 5.32 Å². The summed E-state index contributed by atoms with van der Waals surface area (Å²) < 4.78 is 30.6. The fourth-order valence-corrected chi connectivity index (χ4v) is 1.92. The number of aryl methyl sites for hydroxylation is 1. The Morgan fingerprint density at radius 2 is 1.94 bits per heavy atom. The predicted octanol–water partition coefficient (Wildman–Crippen LogP) is 1.16. The summed E-state index contributed by atoms with van der Waals surface area (Å²) in [6.45, 7) is 2.88. The fourth-order valence-electron chi connectivity index (χ4n) is 1.36. The van der Waals surface area contributed by atoms with Gasteiger partial charge in [-0.05, 0) is 37.6 Å². The summed E-state index contributed by atoms with van der Waals surface area (Å²) >= 11 is 0. The molecule has 1 amide bonds. The quantitative estimate of drug-likeness (QED) is 0.632. The van der Waals surface area contributed by atoms with E-state index >= 15 is 0 Å². The first-order valence-corrected chi connectivity index (χ1v) is 6.51. The van der Waals surface area contributed by atoms with Crippen LogP contribution in [-0.2, 0) is 19.7 Å². The number of rotatable bonds is 4. The van der Waals surface area contributed by atoms with Gasteiger partial charge < -0.3 is 5.32 Å². The summed E-state index contributed by atoms with van der Waals surface area (Å²) in [7, 11) is -4.26. The van der Waals surface area contributed by atoms with Gasteiger partial charge in [0.15, 0.2) is 0 Å². The molecular formula is C11H13NO5S. The van der Waals surface area contributed by atoms with Crippen LogP contribution in [0.3, 0.4) is 0 Å². The summed E-state index contributed by atoms with van der Waals surface area (Å²) in [6.07, 6.45) is -0.237. The third-order valence-electron chi connectivity index (χ3n) is 2.18. The second-order valence-electron chi connectivity index (χ2n) is 3.88. The van der Waals surface area contributed by atoms with Gasteiger partial charge in [-0.1, -0.05) is 0 Å². The van der Waals surface area contributed by atoms with Gasteiger partial charge in [0.2, 0.25) is 5.91 Å². The average molecular weight is 271 g/mol. The van der Waals surface area contributed by atoms with E-state index in [1.807, 2.05) is 0 Å². The molecule has 0 heterocycles. The van der Waals surface area contributed by atoms with Crippen LogP contribution in [0.4, 0.5) is 5.69 Å². The zero-order valence-electron chi connectivity index (χ0n) is 9.93. The van der Waals surface area contributed by atoms with Gasteiger partial charge in [-0.3, -0.25) is 14.1 Å². The van der Waals surface area contributed by atoms with E-state index in [-0.39, 0.29) is 17.1 Å². The molecule has 0 bridgehead atoms. The van der Waals surface area contributed by atoms with Crippen LogP contribution in [0.2, 0.25) is 0 Å². The molecule has 0 aliphatic carbocycles. The van der Waals surface area contributed by atoms with Crippen molar-refractivity contribution >= 4 is 27.5 Å². The number of Topliss-reactive ketones (excluding diaryl/α,β-unsaturated/α-hetero) is 1. The van der Waals surface area contributed by atoms with Gasteiger partial charge in [-0.2, -0.15) is 8.42 Å². The maximum absolute atomic E-state index is 11.4. The third-order valence-corrected chi connectivity index (χ3v) is 3.03. The normalized spacial score (nSPS) is 11.1. The molecule has 98 valence electrons. The summed E-state index contributed by atoms with van der Waals surface area (Å²) in [5, 5.41) is 2.48. The van der Waals surface area contributed by atoms with E-state index in [1.54, 1.807) is 6.92 Å². The van der Waals surface area contributed by atoms with Gasteiger partial charge in [-0.15, -0.1) is 0 Å². The Hall–Kier alpha value is -1.73. The molecule has 7 heteroatoms. The molecule has 0 saturated heterocycles. The highest BCUT2D eigenvalue weighted by Gasteiger charge is 2.12. The second kappa shape index (κ2) is 5.28. The molecule has 0 radical (unpaired) electrons. The lowest BCUT2D eigenvalue weighted by molar-refractivity contribution is -0.124. The Morgan fingerprint density at radius 1 is 1.33 bits per heavy atom. The van der Waals surface area contributed by atoms with Crippen LogP contribution in [0.15, 0.2) is 23.1 Å². The Labute approximate surface area is 105 Å². The zero-order chi connectivity index (χ0) is 13.9. The van der Waals surface area contributed by atoms with Crippen molar-refractivity contribution in [3.63, 3.8) is 0 Å². The molecule has 0 aromatic heterocycles. The molecule has 2 N–H and O–H groups in total. The van der Waals surface area contributed by atoms with E-state index in [0.717, 1.165) is 0 Å². The van der Waals surface area contributed by atoms with Crippen molar-refractivity contribution in [1.29, 1.82) is 0 Å². The SMILES string of the molecule is CC(=O)CC(=O)Nc1ccc(S(=O)(=O)O)cc1C. The topological polar surface area (TPSA) is 101 Å². The van der Waals surface area contributed by atoms with E-state index < -0.39 is 16.0 Å². The van der Waals surface area contributed by atoms with E-state index in [0.29, 0.717) is 11.3 Å². The van der Waals surface area contributed by atoms with Gasteiger partial charge in [-0.25, -0.2) is 0 Å². The van der Waals surface area contributed by atoms with Crippen molar-refractivity contribution in [2.75, 3.05) is 5.32 Å². The van der Waals surface area contributed by atoms with Crippen LogP contribution in [0, 0.1) is 6.92 Å². The first kappa shape index (κ1) is 14.3. The molecule has 0 aliphatic rings. The summed E-state index contributed by atoms with van der Waals surface area (Å²) in [4.78, 5) is 21.9. The maximum atomic E-state index is 11.4. The number of ketones is 1. The summed E-state index contributed by atoms with van der Waals surface area (Å²) in [5.74, 6) is -0.732. The van der Waals surface area contributed by atoms with Crippen molar-refractivity contribution in [2.24, 2.45) is 0 Å². The van der Waals surface area contributed by atoms with Crippen LogP contribution in [0.5, 0.6) is 0 Å². The monoisotopic (exact) mass is 271 g/mol. The molecule has 1 aromatic carbocycles. The molecule has 0 spiro atoms. The van der Waals surface area contributed by atoms with Crippen LogP contribution >= 0.6 is 0 Å². The standard InChI is InChI=1S/C11H13NO5S/c1-7-5-9(18(15,16)17)3-4-10(7)12-11(14)6-8(2)13/h3-5H,6H2,1-2H3,(H,12,14)(H,15,16,17). The number of carbonyl (C=O) groups is 2. The highest BCUT2D eigenvalue weighted by Crippen LogP contribution is 2.19. The van der Waals surface area contributed by atoms with Gasteiger partial charge in [0.05, 0.1) is 11.3 Å². The lowest BCUT2D eigenvalue weighted by Crippen LogP contribution is -2.15. The molecule has 0 unspecified atom stereocenters. The first-order valence-electron chi connectivity index (χ1n) is 5.07. The maximum Gasteiger partial charge on any atom is 0.294 e. The lowest BCUT2D eigenvalue weighted by Gasteiger charge is -2.08. The Morgan fingerprint density at radius 3 is 2.39 bits per heavy atom. The van der Waals surface area contributed by atoms with E-state index in [9.17, 15) is 18.0 Å². The molecule has 1 rings (SSSR count). The van der Waals surface area contributed by atoms with Crippen molar-refractivity contribution in [2.45, 2.75) is 25.2 Å². The van der Waals surface area contributed by atoms with Crippen molar-refractivity contribution in [3.05, 3.63) is 23.8 Å². The Kier molecular flexibility index (Phi) is 4.20. The van der Waals surface area contributed by atoms with Crippen LogP contribution in [0.25, 0.3) is 0 Å². The molecule has 6 nitrogen and oxygen atoms in total. The summed E-state index contributed by atoms with van der Waals surface area (Å²) in [5.41, 5.74) is 0.871. The zero-order valence-corrected chi connectivity index (χ0v) is 10.7. The highest BCUT2D eigenvalue weighted by atomic mass is 32.2. The van der Waals surface area contributed by atoms with Crippen LogP contribution in [-0.4, -0.2) is 24.7 Å². The minimum absolute atomic E-state index is 0.237. The lowest BCUT2D eigenvalue weighted by atomic mass is 10.2. The number of amides is 1. The fraction of sp³-hybridized carbons (Fsp3) is 0.273. The number of benzene rings is 1. The number of hydrogen-bond acceptors (Lipinski definition) is 4. The van der Waals surface area contributed by atoms with E-state index in [1.165, 1.54) is 25.1 Å². The first-order chi connectivity index (χ1) is 8.20. The van der Waals surface area contributed by atoms with Crippen molar-refractivity contribution in [1.82, 2.24) is 0 Å². The third kappa shape index (κ3) is 3.94. The molecule has 0 fully saturated rings. The number of nitrogens with one attached hydrogen (secondary N) is 1. The Balaban J connectivity index is 2.94. The average Bonchev–Trinajstić information content (AvgIpc) is 2.18. The highest BCUT2D eigenvalue weighted by molar-refractivity contribution is 7.85. The molecule has 0 atom stereocenters. The second-order valence-corrected chi connectivity index (χ2v) is 5.30. The van der Waals surface area contributed by atoms with Crippen LogP contribution in [0.1, 0.15) is 18.9 Å². The van der Waals surface area contributed by atoms with E-state index in [4.69, 9.17) is 4.55 Å². The van der Waals surface area contributed by atoms with Gasteiger partial charge in [0.25, 0.3) is 10.1 Å². The number of carbonyl (C=O) groups excluding carboxylic acids is 2. The van der Waals surface area contributed by atoms with Gasteiger partial charge in [0, 0.05) is 5.69 Å². The smallest absolute Gasteiger partial charge is 0.294 e. The van der Waals surface area contributed by atoms with Crippen molar-refractivity contribution in [3.8, 4) is 0 Å². The van der Waals surface area contributed by atoms with Gasteiger partial charge in [0.1, 0.15) is 5.78 Å². The number of anilines is 1. The predicted molar refractivity (Wildman–Crippen MR) is 64.9 cm³/mol. The minimum atomic E-state index is -4.26.